The molecule has 1 N–H and O–H groups in total. The number of hydrogen-bond acceptors (Lipinski definition) is 6. The van der Waals surface area contributed by atoms with E-state index >= 15 is 0 Å². The number of carbonyl (C=O) groups excluding carboxylic acids is 1. The average Bonchev–Trinajstić information content (AvgIpc) is 3.29. The maximum absolute atomic E-state index is 13.1. The summed E-state index contributed by atoms with van der Waals surface area (Å²) in [4.78, 5) is 42.8. The van der Waals surface area contributed by atoms with E-state index in [1.54, 1.807) is 21.7 Å². The molecule has 2 aliphatic rings. The third-order valence-electron chi connectivity index (χ3n) is 6.95. The molecule has 9 nitrogen and oxygen atoms in total. The third-order valence-corrected chi connectivity index (χ3v) is 6.95. The summed E-state index contributed by atoms with van der Waals surface area (Å²) in [5.41, 5.74) is 3.59. The molecule has 2 aliphatic heterocycles. The lowest BCUT2D eigenvalue weighted by molar-refractivity contribution is -0.378. The monoisotopic (exact) mass is 476 g/mol. The van der Waals surface area contributed by atoms with Gasteiger partial charge >= 0.3 is 6.09 Å². The van der Waals surface area contributed by atoms with Gasteiger partial charge in [-0.05, 0) is 42.5 Å². The van der Waals surface area contributed by atoms with Crippen molar-refractivity contribution in [1.82, 2.24) is 9.47 Å². The number of piperazine rings is 1. The minimum Gasteiger partial charge on any atom is -0.448 e. The van der Waals surface area contributed by atoms with Gasteiger partial charge < -0.3 is 24.0 Å². The van der Waals surface area contributed by atoms with Crippen molar-refractivity contribution in [1.29, 1.82) is 0 Å². The molecular weight excluding hydrogens is 446 g/mol. The molecule has 2 saturated heterocycles. The molecule has 0 unspecified atom stereocenters. The number of nitrogens with one attached hydrogen (secondary N) is 1. The number of aromatic nitrogens is 1. The molecule has 35 heavy (non-hydrogen) atoms. The van der Waals surface area contributed by atoms with Crippen LogP contribution in [0.4, 0.5) is 21.9 Å². The number of cyclic esters (lactones) is 1. The number of pyridine rings is 1. The summed E-state index contributed by atoms with van der Waals surface area (Å²) in [6, 6.07) is 13.9. The Morgan fingerprint density at radius 3 is 2.34 bits per heavy atom. The highest BCUT2D eigenvalue weighted by molar-refractivity contribution is 5.89. The number of benzene rings is 2. The fourth-order valence-corrected chi connectivity index (χ4v) is 5.01. The molecule has 182 valence electrons. The standard InChI is InChI=1S/C26H29N5O4/c1-19-5-2-3-6-23(19)28-11-13-29(14-12-28)24-17-20-7-10-30(25(32)21(20)18-22(24)27-34)8-4-9-31-15-16-35-26(31)33/h2-3,5-7,10,17-18H,4,8-9,11-16H2,1H3/p+1. The summed E-state index contributed by atoms with van der Waals surface area (Å²) in [5, 5.41) is 3.38. The van der Waals surface area contributed by atoms with Gasteiger partial charge in [0, 0.05) is 67.3 Å². The van der Waals surface area contributed by atoms with E-state index in [1.807, 2.05) is 18.2 Å². The number of nitrogens with zero attached hydrogens (tertiary/aromatic N) is 4. The van der Waals surface area contributed by atoms with Gasteiger partial charge in [0.1, 0.15) is 12.3 Å². The van der Waals surface area contributed by atoms with Crippen LogP contribution < -0.4 is 20.5 Å². The lowest BCUT2D eigenvalue weighted by Crippen LogP contribution is -2.57. The number of carbonyl (C=O) groups is 1. The lowest BCUT2D eigenvalue weighted by Gasteiger charge is -2.37. The highest BCUT2D eigenvalue weighted by Gasteiger charge is 2.24. The molecular formula is C26H30N5O4+. The molecule has 0 atom stereocenters. The van der Waals surface area contributed by atoms with E-state index in [-0.39, 0.29) is 11.7 Å². The highest BCUT2D eigenvalue weighted by Crippen LogP contribution is 2.29. The van der Waals surface area contributed by atoms with E-state index in [1.165, 1.54) is 11.3 Å². The van der Waals surface area contributed by atoms with Gasteiger partial charge in [0.25, 0.3) is 11.2 Å². The van der Waals surface area contributed by atoms with Gasteiger partial charge in [-0.3, -0.25) is 4.79 Å². The molecule has 2 fully saturated rings. The maximum Gasteiger partial charge on any atom is 0.409 e. The smallest absolute Gasteiger partial charge is 0.409 e. The van der Waals surface area contributed by atoms with Gasteiger partial charge in [-0.2, -0.15) is 0 Å². The Labute approximate surface area is 203 Å². The summed E-state index contributed by atoms with van der Waals surface area (Å²) < 4.78 is 6.58. The summed E-state index contributed by atoms with van der Waals surface area (Å²) in [6.07, 6.45) is 2.14. The van der Waals surface area contributed by atoms with E-state index in [4.69, 9.17) is 4.74 Å². The Hall–Kier alpha value is -3.88. The molecule has 0 bridgehead atoms. The van der Waals surface area contributed by atoms with Crippen molar-refractivity contribution in [2.75, 3.05) is 55.7 Å². The van der Waals surface area contributed by atoms with Crippen LogP contribution in [0.3, 0.4) is 0 Å². The maximum atomic E-state index is 13.1. The van der Waals surface area contributed by atoms with Crippen LogP contribution in [0.2, 0.25) is 0 Å². The van der Waals surface area contributed by atoms with E-state index in [0.717, 1.165) is 37.3 Å². The number of nitroso groups, excluding NO2 is 1. The second-order valence-corrected chi connectivity index (χ2v) is 9.09. The molecule has 1 aromatic heterocycles. The predicted molar refractivity (Wildman–Crippen MR) is 135 cm³/mol. The Balaban J connectivity index is 1.32. The molecule has 0 radical (unpaired) electrons. The number of para-hydroxylation sites is 1. The number of anilines is 2. The van der Waals surface area contributed by atoms with Crippen molar-refractivity contribution < 1.29 is 14.7 Å². The van der Waals surface area contributed by atoms with Crippen LogP contribution in [0.5, 0.6) is 0 Å². The zero-order valence-electron chi connectivity index (χ0n) is 19.9. The first-order chi connectivity index (χ1) is 17.0. The third kappa shape index (κ3) is 4.58. The highest BCUT2D eigenvalue weighted by atomic mass is 16.6. The second kappa shape index (κ2) is 9.77. The van der Waals surface area contributed by atoms with Crippen LogP contribution in [-0.2, 0) is 11.3 Å². The fourth-order valence-electron chi connectivity index (χ4n) is 5.01. The Morgan fingerprint density at radius 2 is 1.66 bits per heavy atom. The second-order valence-electron chi connectivity index (χ2n) is 9.09. The number of aryl methyl sites for hydroxylation is 2. The van der Waals surface area contributed by atoms with Crippen LogP contribution in [0.25, 0.3) is 10.8 Å². The lowest BCUT2D eigenvalue weighted by atomic mass is 10.1. The molecule has 0 spiro atoms. The van der Waals surface area contributed by atoms with Crippen molar-refractivity contribution in [3.8, 4) is 0 Å². The minimum absolute atomic E-state index is 0.140. The SMILES string of the molecule is Cc1ccccc1N1CCN(c2cc3ccn(CCCN4CCOC4=O)c(=O)c3cc2[NH+]=O)CC1. The molecule has 2 aromatic carbocycles. The first-order valence-corrected chi connectivity index (χ1v) is 12.1. The number of hydrogen-bond donors (Lipinski definition) is 1. The number of fused-ring (bicyclic) bond motifs is 1. The largest absolute Gasteiger partial charge is 0.448 e. The molecule has 1 amide bonds. The number of ether oxygens (including phenoxy) is 1. The Morgan fingerprint density at radius 1 is 0.914 bits per heavy atom. The predicted octanol–water partition coefficient (Wildman–Crippen LogP) is 1.96. The quantitative estimate of drug-likeness (QED) is 0.561. The molecule has 0 saturated carbocycles. The van der Waals surface area contributed by atoms with Gasteiger partial charge in [0.15, 0.2) is 0 Å². The molecule has 5 rings (SSSR count). The van der Waals surface area contributed by atoms with Crippen molar-refractivity contribution in [3.63, 3.8) is 0 Å². The molecule has 3 heterocycles. The van der Waals surface area contributed by atoms with E-state index in [2.05, 4.69) is 40.1 Å². The van der Waals surface area contributed by atoms with Gasteiger partial charge in [-0.25, -0.2) is 4.79 Å². The van der Waals surface area contributed by atoms with Crippen molar-refractivity contribution in [2.24, 2.45) is 0 Å². The van der Waals surface area contributed by atoms with E-state index < -0.39 is 0 Å². The molecule has 0 aliphatic carbocycles. The first kappa shape index (κ1) is 22.9. The molecule has 9 heteroatoms. The topological polar surface area (TPSA) is 89.1 Å². The van der Waals surface area contributed by atoms with Crippen molar-refractivity contribution in [3.05, 3.63) is 69.5 Å². The van der Waals surface area contributed by atoms with Crippen molar-refractivity contribution in [2.45, 2.75) is 19.9 Å². The van der Waals surface area contributed by atoms with Crippen LogP contribution in [0, 0.1) is 11.8 Å². The zero-order valence-corrected chi connectivity index (χ0v) is 19.9. The van der Waals surface area contributed by atoms with E-state index in [9.17, 15) is 14.5 Å². The van der Waals surface area contributed by atoms with Gasteiger partial charge in [0.05, 0.1) is 11.9 Å². The fraction of sp³-hybridized carbons (Fsp3) is 0.385. The van der Waals surface area contributed by atoms with Gasteiger partial charge in [-0.15, -0.1) is 0 Å². The van der Waals surface area contributed by atoms with Crippen LogP contribution in [0.15, 0.2) is 53.5 Å². The molecule has 3 aromatic rings. The minimum atomic E-state index is -0.297. The Bertz CT molecular complexity index is 1310. The van der Waals surface area contributed by atoms with Crippen molar-refractivity contribution >= 4 is 33.9 Å². The number of amides is 1. The normalized spacial score (nSPS) is 16.1. The summed E-state index contributed by atoms with van der Waals surface area (Å²) >= 11 is 0. The first-order valence-electron chi connectivity index (χ1n) is 12.1. The average molecular weight is 477 g/mol. The summed E-state index contributed by atoms with van der Waals surface area (Å²) in [5.74, 6) is 0. The van der Waals surface area contributed by atoms with Gasteiger partial charge in [0.2, 0.25) is 0 Å². The zero-order chi connectivity index (χ0) is 24.4. The Kier molecular flexibility index (Phi) is 6.39. The number of rotatable bonds is 7. The van der Waals surface area contributed by atoms with Gasteiger partial charge in [-0.1, -0.05) is 18.2 Å². The van der Waals surface area contributed by atoms with Crippen LogP contribution in [0.1, 0.15) is 12.0 Å². The van der Waals surface area contributed by atoms with Crippen LogP contribution >= 0.6 is 0 Å². The summed E-state index contributed by atoms with van der Waals surface area (Å²) in [6.45, 7) is 7.44. The van der Waals surface area contributed by atoms with E-state index in [0.29, 0.717) is 43.7 Å². The van der Waals surface area contributed by atoms with Crippen LogP contribution in [-0.4, -0.2) is 61.4 Å². The summed E-state index contributed by atoms with van der Waals surface area (Å²) in [7, 11) is 0.